The number of likely N-dealkylation sites (N-methyl/N-ethyl adjacent to an activating group) is 1. The second-order valence-electron chi connectivity index (χ2n) is 7.62. The topological polar surface area (TPSA) is 199 Å². The van der Waals surface area contributed by atoms with E-state index >= 15 is 0 Å². The fraction of sp³-hybridized carbons (Fsp3) is 0.588. The van der Waals surface area contributed by atoms with Crippen LogP contribution in [0.2, 0.25) is 5.32 Å². The number of nitrogens with one attached hydrogen (secondary N) is 2. The first-order valence-corrected chi connectivity index (χ1v) is 11.1. The van der Waals surface area contributed by atoms with E-state index < -0.39 is 56.9 Å². The Kier molecular flexibility index (Phi) is 9.43. The van der Waals surface area contributed by atoms with Crippen molar-refractivity contribution in [2.24, 2.45) is 5.73 Å². The van der Waals surface area contributed by atoms with Gasteiger partial charge in [0.05, 0.1) is 0 Å². The molecule has 0 spiro atoms. The van der Waals surface area contributed by atoms with Crippen molar-refractivity contribution in [2.45, 2.75) is 42.7 Å². The number of carbonyl (C=O) groups excluding carboxylic acids is 2. The van der Waals surface area contributed by atoms with E-state index in [9.17, 15) is 29.4 Å². The van der Waals surface area contributed by atoms with Gasteiger partial charge in [0, 0.05) is 0 Å². The molecule has 0 unspecified atom stereocenters. The molecule has 1 amide bonds. The Balaban J connectivity index is 2.63. The molecule has 0 saturated heterocycles. The molecule has 1 aromatic rings. The van der Waals surface area contributed by atoms with E-state index in [0.717, 1.165) is 0 Å². The van der Waals surface area contributed by atoms with Crippen molar-refractivity contribution in [1.82, 2.24) is 15.3 Å². The van der Waals surface area contributed by atoms with Gasteiger partial charge in [0.25, 0.3) is 0 Å². The molecule has 0 radical (unpaired) electrons. The first kappa shape index (κ1) is 25.6. The number of quaternary nitrogens is 1. The molecule has 6 N–H and O–H groups in total. The Morgan fingerprint density at radius 3 is 2.40 bits per heavy atom. The monoisotopic (exact) mass is 493 g/mol. The number of carboxylic acids is 3. The van der Waals surface area contributed by atoms with E-state index in [1.54, 1.807) is 21.1 Å². The number of amides is 1. The molecule has 3 atom stereocenters. The normalized spacial score (nSPS) is 14.5. The number of nitrogens with zero attached hydrogens (tertiary/aromatic N) is 2. The van der Waals surface area contributed by atoms with Crippen molar-refractivity contribution in [3.05, 3.63) is 11.9 Å². The predicted molar refractivity (Wildman–Crippen MR) is 104 cm³/mol. The summed E-state index contributed by atoms with van der Waals surface area (Å²) < 4.78 is 0.685. The summed E-state index contributed by atoms with van der Waals surface area (Å²) >= 11 is -0.431. The first-order chi connectivity index (χ1) is 13.8. The van der Waals surface area contributed by atoms with E-state index in [4.69, 9.17) is 10.8 Å². The standard InChI is InChI=1S/C17H27N5O7Se/c1-22(2,3)12(16(28)29)6-9-7-19-17(20-9)30-8-11(15(26)27)21-13(23)5-4-10(18)14(24)25/h7,10-12H,4-6,8,18H2,1-3H3,(H4-,19,20,21,23,24,25,26,27,28,29)/t10-,11-,12-/m0/s1. The predicted octanol–water partition coefficient (Wildman–Crippen LogP) is -3.71. The zero-order valence-electron chi connectivity index (χ0n) is 17.0. The van der Waals surface area contributed by atoms with Gasteiger partial charge in [0.15, 0.2) is 0 Å². The molecular weight excluding hydrogens is 465 g/mol. The van der Waals surface area contributed by atoms with Crippen molar-refractivity contribution in [3.63, 3.8) is 0 Å². The number of carbonyl (C=O) groups is 4. The van der Waals surface area contributed by atoms with Gasteiger partial charge in [-0.25, -0.2) is 0 Å². The minimum atomic E-state index is -1.24. The Hall–Kier alpha value is -2.47. The van der Waals surface area contributed by atoms with Crippen LogP contribution in [-0.4, -0.2) is 103 Å². The van der Waals surface area contributed by atoms with Crippen LogP contribution in [0, 0.1) is 0 Å². The summed E-state index contributed by atoms with van der Waals surface area (Å²) in [5.41, 5.74) is 5.92. The zero-order valence-corrected chi connectivity index (χ0v) is 18.7. The van der Waals surface area contributed by atoms with Gasteiger partial charge >= 0.3 is 179 Å². The van der Waals surface area contributed by atoms with Crippen molar-refractivity contribution in [1.29, 1.82) is 0 Å². The van der Waals surface area contributed by atoms with Crippen LogP contribution < -0.4 is 20.9 Å². The van der Waals surface area contributed by atoms with Gasteiger partial charge in [-0.3, -0.25) is 0 Å². The van der Waals surface area contributed by atoms with Crippen molar-refractivity contribution in [3.8, 4) is 0 Å². The van der Waals surface area contributed by atoms with Gasteiger partial charge < -0.3 is 0 Å². The summed E-state index contributed by atoms with van der Waals surface area (Å²) in [5, 5.41) is 31.9. The third kappa shape index (κ3) is 8.49. The van der Waals surface area contributed by atoms with Gasteiger partial charge in [0.1, 0.15) is 0 Å². The fourth-order valence-electron chi connectivity index (χ4n) is 2.41. The number of aliphatic carboxylic acids is 3. The van der Waals surface area contributed by atoms with E-state index in [1.807, 2.05) is 0 Å². The van der Waals surface area contributed by atoms with E-state index in [2.05, 4.69) is 15.3 Å². The van der Waals surface area contributed by atoms with Gasteiger partial charge in [-0.05, 0) is 0 Å². The van der Waals surface area contributed by atoms with Crippen molar-refractivity contribution >= 4 is 43.5 Å². The maximum absolute atomic E-state index is 11.9. The number of nitrogens with two attached hydrogens (primary N) is 1. The van der Waals surface area contributed by atoms with Crippen LogP contribution in [0.15, 0.2) is 6.20 Å². The van der Waals surface area contributed by atoms with Crippen LogP contribution in [0.4, 0.5) is 0 Å². The van der Waals surface area contributed by atoms with Crippen LogP contribution in [0.5, 0.6) is 0 Å². The van der Waals surface area contributed by atoms with Crippen LogP contribution in [0.3, 0.4) is 0 Å². The second kappa shape index (κ2) is 11.1. The molecule has 0 aliphatic carbocycles. The average molecular weight is 492 g/mol. The third-order valence-corrected chi connectivity index (χ3v) is 6.30. The molecule has 0 aliphatic heterocycles. The molecule has 0 saturated carbocycles. The van der Waals surface area contributed by atoms with Crippen LogP contribution in [0.1, 0.15) is 18.5 Å². The summed E-state index contributed by atoms with van der Waals surface area (Å²) in [4.78, 5) is 52.5. The zero-order chi connectivity index (χ0) is 23.1. The quantitative estimate of drug-likeness (QED) is 0.136. The molecule has 1 rings (SSSR count). The van der Waals surface area contributed by atoms with Crippen molar-refractivity contribution in [2.75, 3.05) is 21.1 Å². The van der Waals surface area contributed by atoms with E-state index in [0.29, 0.717) is 10.4 Å². The number of hydrogen-bond donors (Lipinski definition) is 5. The molecule has 0 bridgehead atoms. The number of rotatable bonds is 13. The van der Waals surface area contributed by atoms with Crippen molar-refractivity contribution < 1.29 is 39.0 Å². The summed E-state index contributed by atoms with van der Waals surface area (Å²) in [6.45, 7) is 0. The Bertz CT molecular complexity index is 777. The fourth-order valence-corrected chi connectivity index (χ4v) is 4.26. The third-order valence-electron chi connectivity index (χ3n) is 4.25. The van der Waals surface area contributed by atoms with Crippen LogP contribution in [-0.2, 0) is 25.6 Å². The summed E-state index contributed by atoms with van der Waals surface area (Å²) in [6.07, 6.45) is 1.37. The number of aromatic amines is 1. The molecule has 1 heterocycles. The molecule has 0 aromatic carbocycles. The van der Waals surface area contributed by atoms with Crippen LogP contribution >= 0.6 is 0 Å². The molecule has 0 aliphatic rings. The van der Waals surface area contributed by atoms with Gasteiger partial charge in [-0.15, -0.1) is 0 Å². The van der Waals surface area contributed by atoms with Gasteiger partial charge in [-0.1, -0.05) is 0 Å². The van der Waals surface area contributed by atoms with E-state index in [-0.39, 0.29) is 29.1 Å². The van der Waals surface area contributed by atoms with Gasteiger partial charge in [-0.2, -0.15) is 0 Å². The number of aromatic nitrogens is 2. The average Bonchev–Trinajstić information content (AvgIpc) is 3.07. The Labute approximate surface area is 179 Å². The first-order valence-electron chi connectivity index (χ1n) is 9.00. The van der Waals surface area contributed by atoms with Crippen LogP contribution in [0.25, 0.3) is 0 Å². The number of carboxylic acid groups (broad SMARTS) is 3. The molecule has 0 fully saturated rings. The summed E-state index contributed by atoms with van der Waals surface area (Å²) in [5.74, 6) is -4.24. The number of imidazole rings is 1. The second-order valence-corrected chi connectivity index (χ2v) is 9.74. The van der Waals surface area contributed by atoms with Gasteiger partial charge in [0.2, 0.25) is 0 Å². The number of H-pyrrole nitrogens is 1. The molecule has 13 heteroatoms. The summed E-state index contributed by atoms with van der Waals surface area (Å²) in [6, 6.07) is -3.13. The van der Waals surface area contributed by atoms with E-state index in [1.165, 1.54) is 6.20 Å². The number of hydrogen-bond acceptors (Lipinski definition) is 7. The molecule has 30 heavy (non-hydrogen) atoms. The maximum atomic E-state index is 11.9. The summed E-state index contributed by atoms with van der Waals surface area (Å²) in [7, 11) is 5.22. The SMILES string of the molecule is C[N+](C)(C)[C@@H](Cc1cnc([Se]C[C@H](NC(=O)CC[C@H](N)C(=O)O)C(=O)O)[nH]1)C(=O)[O-]. The molecule has 1 aromatic heterocycles. The molecular formula is C17H27N5O7Se. The Morgan fingerprint density at radius 2 is 1.90 bits per heavy atom. The minimum absolute atomic E-state index is 0.102. The molecule has 168 valence electrons. The molecule has 12 nitrogen and oxygen atoms in total. The Morgan fingerprint density at radius 1 is 1.27 bits per heavy atom.